The lowest BCUT2D eigenvalue weighted by Gasteiger charge is -2.15. The van der Waals surface area contributed by atoms with E-state index in [1.807, 2.05) is 19.1 Å². The number of rotatable bonds is 4. The van der Waals surface area contributed by atoms with Gasteiger partial charge in [0.05, 0.1) is 30.6 Å². The Morgan fingerprint density at radius 1 is 1.45 bits per heavy atom. The number of carbonyl (C=O) groups is 1. The SMILES string of the molecule is COC(=O)c1cc(NC(C)c2cccnc2)ncc1N. The molecule has 20 heavy (non-hydrogen) atoms. The van der Waals surface area contributed by atoms with Crippen LogP contribution in [0.3, 0.4) is 0 Å². The van der Waals surface area contributed by atoms with Crippen molar-refractivity contribution in [2.24, 2.45) is 0 Å². The first kappa shape index (κ1) is 13.8. The standard InChI is InChI=1S/C14H16N4O2/c1-9(10-4-3-5-16-7-10)18-13-6-11(14(19)20-2)12(15)8-17-13/h3-9H,15H2,1-2H3,(H,17,18). The highest BCUT2D eigenvalue weighted by atomic mass is 16.5. The van der Waals surface area contributed by atoms with Gasteiger partial charge >= 0.3 is 5.97 Å². The summed E-state index contributed by atoms with van der Waals surface area (Å²) in [5.41, 5.74) is 7.31. The smallest absolute Gasteiger partial charge is 0.340 e. The van der Waals surface area contributed by atoms with Crippen molar-refractivity contribution in [1.29, 1.82) is 0 Å². The van der Waals surface area contributed by atoms with Gasteiger partial charge in [0, 0.05) is 12.4 Å². The normalized spacial score (nSPS) is 11.7. The van der Waals surface area contributed by atoms with Crippen molar-refractivity contribution in [3.8, 4) is 0 Å². The molecule has 6 nitrogen and oxygen atoms in total. The first-order chi connectivity index (χ1) is 9.61. The second-order valence-electron chi connectivity index (χ2n) is 4.30. The number of nitrogen functional groups attached to an aromatic ring is 1. The molecular weight excluding hydrogens is 256 g/mol. The van der Waals surface area contributed by atoms with E-state index in [1.165, 1.54) is 13.3 Å². The summed E-state index contributed by atoms with van der Waals surface area (Å²) in [4.78, 5) is 19.8. The Morgan fingerprint density at radius 2 is 2.25 bits per heavy atom. The van der Waals surface area contributed by atoms with Crippen molar-refractivity contribution in [3.05, 3.63) is 47.9 Å². The van der Waals surface area contributed by atoms with Crippen molar-refractivity contribution in [2.45, 2.75) is 13.0 Å². The summed E-state index contributed by atoms with van der Waals surface area (Å²) in [5.74, 6) is 0.0675. The molecule has 3 N–H and O–H groups in total. The predicted octanol–water partition coefficient (Wildman–Crippen LogP) is 2.02. The first-order valence-corrected chi connectivity index (χ1v) is 6.12. The number of esters is 1. The van der Waals surface area contributed by atoms with Crippen LogP contribution in [0.4, 0.5) is 11.5 Å². The second-order valence-corrected chi connectivity index (χ2v) is 4.30. The van der Waals surface area contributed by atoms with Crippen LogP contribution in [0.2, 0.25) is 0 Å². The van der Waals surface area contributed by atoms with Crippen LogP contribution in [0.5, 0.6) is 0 Å². The third kappa shape index (κ3) is 3.03. The molecule has 1 unspecified atom stereocenters. The molecule has 0 amide bonds. The largest absolute Gasteiger partial charge is 0.465 e. The summed E-state index contributed by atoms with van der Waals surface area (Å²) in [6.45, 7) is 1.98. The molecule has 0 saturated carbocycles. The van der Waals surface area contributed by atoms with Crippen molar-refractivity contribution >= 4 is 17.5 Å². The number of anilines is 2. The van der Waals surface area contributed by atoms with Crippen LogP contribution in [0.15, 0.2) is 36.8 Å². The molecule has 0 bridgehead atoms. The lowest BCUT2D eigenvalue weighted by Crippen LogP contribution is -2.11. The quantitative estimate of drug-likeness (QED) is 0.827. The van der Waals surface area contributed by atoms with Gasteiger partial charge in [-0.2, -0.15) is 0 Å². The van der Waals surface area contributed by atoms with Gasteiger partial charge in [0.15, 0.2) is 0 Å². The zero-order valence-corrected chi connectivity index (χ0v) is 11.3. The molecule has 0 aromatic carbocycles. The Balaban J connectivity index is 2.20. The highest BCUT2D eigenvalue weighted by Crippen LogP contribution is 2.20. The van der Waals surface area contributed by atoms with E-state index < -0.39 is 5.97 Å². The van der Waals surface area contributed by atoms with Gasteiger partial charge in [-0.1, -0.05) is 6.07 Å². The third-order valence-corrected chi connectivity index (χ3v) is 2.89. The van der Waals surface area contributed by atoms with E-state index in [0.29, 0.717) is 11.4 Å². The fraction of sp³-hybridized carbons (Fsp3) is 0.214. The van der Waals surface area contributed by atoms with E-state index in [2.05, 4.69) is 20.0 Å². The first-order valence-electron chi connectivity index (χ1n) is 6.12. The van der Waals surface area contributed by atoms with Gasteiger partial charge in [-0.15, -0.1) is 0 Å². The van der Waals surface area contributed by atoms with Crippen LogP contribution < -0.4 is 11.1 Å². The Labute approximate surface area is 117 Å². The Bertz CT molecular complexity index is 601. The van der Waals surface area contributed by atoms with Gasteiger partial charge in [-0.05, 0) is 24.6 Å². The predicted molar refractivity (Wildman–Crippen MR) is 76.3 cm³/mol. The number of nitrogens with two attached hydrogens (primary N) is 1. The summed E-state index contributed by atoms with van der Waals surface area (Å²) < 4.78 is 4.68. The highest BCUT2D eigenvalue weighted by molar-refractivity contribution is 5.95. The van der Waals surface area contributed by atoms with Crippen molar-refractivity contribution in [1.82, 2.24) is 9.97 Å². The van der Waals surface area contributed by atoms with E-state index in [4.69, 9.17) is 5.73 Å². The molecule has 0 fully saturated rings. The summed E-state index contributed by atoms with van der Waals surface area (Å²) in [6.07, 6.45) is 4.92. The molecule has 104 valence electrons. The molecule has 0 aliphatic rings. The molecule has 2 heterocycles. The number of carbonyl (C=O) groups excluding carboxylic acids is 1. The van der Waals surface area contributed by atoms with Crippen molar-refractivity contribution in [3.63, 3.8) is 0 Å². The van der Waals surface area contributed by atoms with E-state index in [1.54, 1.807) is 18.5 Å². The van der Waals surface area contributed by atoms with Gasteiger partial charge < -0.3 is 15.8 Å². The maximum atomic E-state index is 11.6. The Morgan fingerprint density at radius 3 is 2.90 bits per heavy atom. The van der Waals surface area contributed by atoms with Crippen LogP contribution in [0, 0.1) is 0 Å². The number of methoxy groups -OCH3 is 1. The average Bonchev–Trinajstić information content (AvgIpc) is 2.49. The van der Waals surface area contributed by atoms with E-state index in [9.17, 15) is 4.79 Å². The van der Waals surface area contributed by atoms with Crippen LogP contribution in [-0.4, -0.2) is 23.0 Å². The number of ether oxygens (including phenoxy) is 1. The number of nitrogens with zero attached hydrogens (tertiary/aromatic N) is 2. The monoisotopic (exact) mass is 272 g/mol. The van der Waals surface area contributed by atoms with Gasteiger partial charge in [-0.3, -0.25) is 4.98 Å². The maximum Gasteiger partial charge on any atom is 0.340 e. The molecule has 2 aromatic heterocycles. The van der Waals surface area contributed by atoms with Crippen LogP contribution in [-0.2, 0) is 4.74 Å². The maximum absolute atomic E-state index is 11.6. The zero-order valence-electron chi connectivity index (χ0n) is 11.3. The number of hydrogen-bond acceptors (Lipinski definition) is 6. The molecule has 6 heteroatoms. The van der Waals surface area contributed by atoms with Gasteiger partial charge in [0.1, 0.15) is 5.82 Å². The van der Waals surface area contributed by atoms with Crippen LogP contribution in [0.25, 0.3) is 0 Å². The minimum absolute atomic E-state index is 0.00493. The van der Waals surface area contributed by atoms with Gasteiger partial charge in [0.2, 0.25) is 0 Å². The highest BCUT2D eigenvalue weighted by Gasteiger charge is 2.13. The third-order valence-electron chi connectivity index (χ3n) is 2.89. The molecule has 2 rings (SSSR count). The van der Waals surface area contributed by atoms with Crippen LogP contribution in [0.1, 0.15) is 28.9 Å². The van der Waals surface area contributed by atoms with E-state index in [-0.39, 0.29) is 11.7 Å². The Hall–Kier alpha value is -2.63. The minimum Gasteiger partial charge on any atom is -0.465 e. The lowest BCUT2D eigenvalue weighted by atomic mass is 10.1. The zero-order chi connectivity index (χ0) is 14.5. The summed E-state index contributed by atoms with van der Waals surface area (Å²) in [6, 6.07) is 5.41. The molecule has 1 atom stereocenters. The summed E-state index contributed by atoms with van der Waals surface area (Å²) >= 11 is 0. The molecule has 0 saturated heterocycles. The molecule has 0 aliphatic heterocycles. The topological polar surface area (TPSA) is 90.1 Å². The molecule has 2 aromatic rings. The number of aromatic nitrogens is 2. The summed E-state index contributed by atoms with van der Waals surface area (Å²) in [7, 11) is 1.31. The molecular formula is C14H16N4O2. The number of hydrogen-bond donors (Lipinski definition) is 2. The van der Waals surface area contributed by atoms with Crippen LogP contribution >= 0.6 is 0 Å². The second kappa shape index (κ2) is 6.01. The van der Waals surface area contributed by atoms with Crippen molar-refractivity contribution < 1.29 is 9.53 Å². The Kier molecular flexibility index (Phi) is 4.14. The fourth-order valence-electron chi connectivity index (χ4n) is 1.77. The lowest BCUT2D eigenvalue weighted by molar-refractivity contribution is 0.0602. The molecule has 0 spiro atoms. The number of pyridine rings is 2. The van der Waals surface area contributed by atoms with Gasteiger partial charge in [-0.25, -0.2) is 9.78 Å². The molecule has 0 radical (unpaired) electrons. The fourth-order valence-corrected chi connectivity index (χ4v) is 1.77. The summed E-state index contributed by atoms with van der Waals surface area (Å²) in [5, 5.41) is 3.19. The number of nitrogens with one attached hydrogen (secondary N) is 1. The molecule has 0 aliphatic carbocycles. The van der Waals surface area contributed by atoms with Gasteiger partial charge in [0.25, 0.3) is 0 Å². The van der Waals surface area contributed by atoms with E-state index in [0.717, 1.165) is 5.56 Å². The average molecular weight is 272 g/mol. The minimum atomic E-state index is -0.484. The van der Waals surface area contributed by atoms with Crippen molar-refractivity contribution in [2.75, 3.05) is 18.2 Å². The van der Waals surface area contributed by atoms with E-state index >= 15 is 0 Å².